The molecule has 0 unspecified atom stereocenters. The van der Waals surface area contributed by atoms with Gasteiger partial charge in [-0.05, 0) is 42.9 Å². The fraction of sp³-hybridized carbons (Fsp3) is 0.500. The minimum absolute atomic E-state index is 0.302. The molecule has 1 aliphatic carbocycles. The molecular formula is C14H18O3. The summed E-state index contributed by atoms with van der Waals surface area (Å²) in [6.45, 7) is 0.785. The maximum atomic E-state index is 11.1. The predicted octanol–water partition coefficient (Wildman–Crippen LogP) is 2.89. The van der Waals surface area contributed by atoms with Crippen LogP contribution in [0.25, 0.3) is 0 Å². The molecule has 0 aromatic heterocycles. The minimum Gasteiger partial charge on any atom is -0.493 e. The Hall–Kier alpha value is -1.51. The lowest BCUT2D eigenvalue weighted by Gasteiger charge is -2.18. The highest BCUT2D eigenvalue weighted by Gasteiger charge is 2.18. The Bertz CT molecular complexity index is 388. The van der Waals surface area contributed by atoms with Gasteiger partial charge in [-0.15, -0.1) is 0 Å². The molecule has 17 heavy (non-hydrogen) atoms. The van der Waals surface area contributed by atoms with Crippen molar-refractivity contribution in [2.24, 2.45) is 0 Å². The van der Waals surface area contributed by atoms with Crippen molar-refractivity contribution in [2.75, 3.05) is 13.7 Å². The van der Waals surface area contributed by atoms with E-state index >= 15 is 0 Å². The Kier molecular flexibility index (Phi) is 4.02. The maximum Gasteiger partial charge on any atom is 0.330 e. The van der Waals surface area contributed by atoms with Gasteiger partial charge >= 0.3 is 5.97 Å². The summed E-state index contributed by atoms with van der Waals surface area (Å²) in [6, 6.07) is 0. The lowest BCUT2D eigenvalue weighted by Crippen LogP contribution is -2.03. The average molecular weight is 234 g/mol. The van der Waals surface area contributed by atoms with Gasteiger partial charge in [0.15, 0.2) is 0 Å². The van der Waals surface area contributed by atoms with Gasteiger partial charge in [0.25, 0.3) is 0 Å². The first kappa shape index (κ1) is 12.0. The van der Waals surface area contributed by atoms with Crippen LogP contribution in [0.15, 0.2) is 35.1 Å². The molecule has 0 saturated carbocycles. The topological polar surface area (TPSA) is 35.5 Å². The molecule has 0 atom stereocenters. The van der Waals surface area contributed by atoms with Gasteiger partial charge in [0.1, 0.15) is 5.76 Å². The van der Waals surface area contributed by atoms with Crippen molar-refractivity contribution in [3.8, 4) is 0 Å². The molecule has 0 spiro atoms. The number of hydrogen-bond donors (Lipinski definition) is 0. The van der Waals surface area contributed by atoms with E-state index in [-0.39, 0.29) is 5.97 Å². The molecule has 2 aliphatic rings. The quantitative estimate of drug-likeness (QED) is 0.556. The van der Waals surface area contributed by atoms with Gasteiger partial charge in [0.05, 0.1) is 13.7 Å². The van der Waals surface area contributed by atoms with Crippen LogP contribution in [0.1, 0.15) is 32.1 Å². The van der Waals surface area contributed by atoms with Gasteiger partial charge in [0, 0.05) is 12.5 Å². The molecule has 0 amide bonds. The number of esters is 1. The second kappa shape index (κ2) is 5.71. The van der Waals surface area contributed by atoms with Crippen molar-refractivity contribution >= 4 is 5.97 Å². The molecule has 0 aromatic rings. The smallest absolute Gasteiger partial charge is 0.330 e. The van der Waals surface area contributed by atoms with Gasteiger partial charge in [-0.25, -0.2) is 4.79 Å². The number of ether oxygens (including phenoxy) is 2. The van der Waals surface area contributed by atoms with Crippen LogP contribution in [0, 0.1) is 0 Å². The van der Waals surface area contributed by atoms with Gasteiger partial charge in [-0.3, -0.25) is 0 Å². The maximum absolute atomic E-state index is 11.1. The predicted molar refractivity (Wildman–Crippen MR) is 65.3 cm³/mol. The number of hydrogen-bond acceptors (Lipinski definition) is 3. The van der Waals surface area contributed by atoms with Gasteiger partial charge < -0.3 is 9.47 Å². The van der Waals surface area contributed by atoms with Crippen molar-refractivity contribution in [1.82, 2.24) is 0 Å². The van der Waals surface area contributed by atoms with Crippen LogP contribution in [0.4, 0.5) is 0 Å². The third kappa shape index (κ3) is 2.99. The summed E-state index contributed by atoms with van der Waals surface area (Å²) in [7, 11) is 1.39. The summed E-state index contributed by atoms with van der Waals surface area (Å²) in [5, 5.41) is 0. The highest BCUT2D eigenvalue weighted by Crippen LogP contribution is 2.33. The van der Waals surface area contributed by atoms with Crippen LogP contribution in [-0.4, -0.2) is 19.7 Å². The second-order valence-electron chi connectivity index (χ2n) is 4.27. The number of carbonyl (C=O) groups is 1. The Balaban J connectivity index is 2.19. The molecule has 1 aliphatic heterocycles. The SMILES string of the molecule is COC(=O)/C=C/C1=C(C2=CCCO2)CCCC1. The number of carbonyl (C=O) groups excluding carboxylic acids is 1. The summed E-state index contributed by atoms with van der Waals surface area (Å²) in [4.78, 5) is 11.1. The summed E-state index contributed by atoms with van der Waals surface area (Å²) in [5.41, 5.74) is 2.49. The first-order valence-electron chi connectivity index (χ1n) is 6.12. The fourth-order valence-corrected chi connectivity index (χ4v) is 2.26. The van der Waals surface area contributed by atoms with Crippen LogP contribution in [0.3, 0.4) is 0 Å². The van der Waals surface area contributed by atoms with E-state index in [0.717, 1.165) is 31.6 Å². The normalized spacial score (nSPS) is 20.4. The number of methoxy groups -OCH3 is 1. The standard InChI is InChI=1S/C14H18O3/c1-16-14(15)9-8-11-5-2-3-6-12(11)13-7-4-10-17-13/h7-9H,2-6,10H2,1H3/b9-8+. The zero-order valence-corrected chi connectivity index (χ0v) is 10.2. The molecule has 0 radical (unpaired) electrons. The monoisotopic (exact) mass is 234 g/mol. The van der Waals surface area contributed by atoms with Crippen LogP contribution in [-0.2, 0) is 14.3 Å². The Morgan fingerprint density at radius 2 is 2.24 bits per heavy atom. The molecule has 0 saturated heterocycles. The van der Waals surface area contributed by atoms with Gasteiger partial charge in [-0.1, -0.05) is 6.08 Å². The summed E-state index contributed by atoms with van der Waals surface area (Å²) >= 11 is 0. The van der Waals surface area contributed by atoms with Gasteiger partial charge in [0.2, 0.25) is 0 Å². The lowest BCUT2D eigenvalue weighted by molar-refractivity contribution is -0.134. The van der Waals surface area contributed by atoms with Gasteiger partial charge in [-0.2, -0.15) is 0 Å². The highest BCUT2D eigenvalue weighted by molar-refractivity contribution is 5.82. The Morgan fingerprint density at radius 1 is 1.41 bits per heavy atom. The number of allylic oxidation sites excluding steroid dienone is 3. The first-order chi connectivity index (χ1) is 8.31. The van der Waals surface area contributed by atoms with Crippen molar-refractivity contribution < 1.29 is 14.3 Å². The van der Waals surface area contributed by atoms with Crippen molar-refractivity contribution in [1.29, 1.82) is 0 Å². The van der Waals surface area contributed by atoms with E-state index < -0.39 is 0 Å². The Labute approximate surface area is 102 Å². The van der Waals surface area contributed by atoms with Crippen LogP contribution >= 0.6 is 0 Å². The summed E-state index contributed by atoms with van der Waals surface area (Å²) in [6.07, 6.45) is 11.0. The molecular weight excluding hydrogens is 216 g/mol. The first-order valence-corrected chi connectivity index (χ1v) is 6.12. The molecule has 3 nitrogen and oxygen atoms in total. The molecule has 3 heteroatoms. The van der Waals surface area contributed by atoms with E-state index in [4.69, 9.17) is 4.74 Å². The third-order valence-electron chi connectivity index (χ3n) is 3.13. The zero-order chi connectivity index (χ0) is 12.1. The zero-order valence-electron chi connectivity index (χ0n) is 10.2. The van der Waals surface area contributed by atoms with E-state index in [9.17, 15) is 4.79 Å². The molecule has 0 N–H and O–H groups in total. The van der Waals surface area contributed by atoms with Crippen molar-refractivity contribution in [3.05, 3.63) is 35.1 Å². The van der Waals surface area contributed by atoms with E-state index in [1.54, 1.807) is 0 Å². The van der Waals surface area contributed by atoms with Crippen molar-refractivity contribution in [2.45, 2.75) is 32.1 Å². The van der Waals surface area contributed by atoms with Crippen molar-refractivity contribution in [3.63, 3.8) is 0 Å². The average Bonchev–Trinajstić information content (AvgIpc) is 2.90. The molecule has 0 aromatic carbocycles. The number of rotatable bonds is 3. The second-order valence-corrected chi connectivity index (χ2v) is 4.27. The van der Waals surface area contributed by atoms with E-state index in [1.165, 1.54) is 37.2 Å². The summed E-state index contributed by atoms with van der Waals surface area (Å²) in [5.74, 6) is 0.720. The Morgan fingerprint density at radius 3 is 2.94 bits per heavy atom. The van der Waals surface area contributed by atoms with E-state index in [1.807, 2.05) is 6.08 Å². The molecule has 1 heterocycles. The molecule has 0 fully saturated rings. The molecule has 0 bridgehead atoms. The fourth-order valence-electron chi connectivity index (χ4n) is 2.26. The van der Waals surface area contributed by atoms with E-state index in [0.29, 0.717) is 0 Å². The summed E-state index contributed by atoms with van der Waals surface area (Å²) < 4.78 is 10.2. The van der Waals surface area contributed by atoms with Crippen LogP contribution < -0.4 is 0 Å². The van der Waals surface area contributed by atoms with Crippen LogP contribution in [0.5, 0.6) is 0 Å². The largest absolute Gasteiger partial charge is 0.493 e. The third-order valence-corrected chi connectivity index (χ3v) is 3.13. The molecule has 2 rings (SSSR count). The van der Waals surface area contributed by atoms with E-state index in [2.05, 4.69) is 10.8 Å². The van der Waals surface area contributed by atoms with Crippen LogP contribution in [0.2, 0.25) is 0 Å². The highest BCUT2D eigenvalue weighted by atomic mass is 16.5. The molecule has 92 valence electrons. The lowest BCUT2D eigenvalue weighted by atomic mass is 9.90. The minimum atomic E-state index is -0.302.